The number of rotatable bonds is 4. The second-order valence-electron chi connectivity index (χ2n) is 6.40. The minimum absolute atomic E-state index is 0.145. The zero-order valence-electron chi connectivity index (χ0n) is 14.7. The van der Waals surface area contributed by atoms with Crippen molar-refractivity contribution in [3.8, 4) is 0 Å². The van der Waals surface area contributed by atoms with Crippen molar-refractivity contribution < 1.29 is 9.59 Å². The van der Waals surface area contributed by atoms with Crippen molar-refractivity contribution in [2.75, 3.05) is 17.2 Å². The number of benzene rings is 2. The Morgan fingerprint density at radius 3 is 2.33 bits per heavy atom. The number of carbonyl (C=O) groups excluding carboxylic acids is 2. The molecule has 0 fully saturated rings. The van der Waals surface area contributed by atoms with Crippen molar-refractivity contribution in [3.63, 3.8) is 0 Å². The molecule has 0 atom stereocenters. The van der Waals surface area contributed by atoms with Crippen molar-refractivity contribution in [2.45, 2.75) is 13.1 Å². The molecule has 2 heterocycles. The molecule has 136 valence electrons. The van der Waals surface area contributed by atoms with Crippen molar-refractivity contribution in [1.29, 1.82) is 0 Å². The number of carbonyl (C=O) groups is 2. The molecule has 0 radical (unpaired) electrons. The predicted octanol–water partition coefficient (Wildman–Crippen LogP) is 3.10. The molecule has 27 heavy (non-hydrogen) atoms. The van der Waals surface area contributed by atoms with Gasteiger partial charge in [-0.05, 0) is 42.5 Å². The molecular formula is C21H20N4O2. The average molecular weight is 360 g/mol. The Bertz CT molecular complexity index is 962. The third kappa shape index (κ3) is 3.75. The minimum atomic E-state index is -0.188. The molecule has 1 aliphatic rings. The molecule has 6 heteroatoms. The average Bonchev–Trinajstić information content (AvgIpc) is 3.13. The first kappa shape index (κ1) is 17.1. The number of amides is 2. The molecule has 2 aromatic carbocycles. The highest BCUT2D eigenvalue weighted by molar-refractivity contribution is 6.06. The van der Waals surface area contributed by atoms with E-state index in [2.05, 4.69) is 20.5 Å². The smallest absolute Gasteiger partial charge is 0.257 e. The molecular weight excluding hydrogens is 340 g/mol. The highest BCUT2D eigenvalue weighted by Gasteiger charge is 2.18. The van der Waals surface area contributed by atoms with Gasteiger partial charge in [-0.1, -0.05) is 18.2 Å². The lowest BCUT2D eigenvalue weighted by Crippen LogP contribution is -2.29. The van der Waals surface area contributed by atoms with Crippen molar-refractivity contribution >= 4 is 23.2 Å². The summed E-state index contributed by atoms with van der Waals surface area (Å²) in [6, 6.07) is 18.0. The van der Waals surface area contributed by atoms with Crippen LogP contribution in [0.3, 0.4) is 0 Å². The molecule has 0 spiro atoms. The normalized spacial score (nSPS) is 12.9. The van der Waals surface area contributed by atoms with Crippen LogP contribution in [0.1, 0.15) is 26.4 Å². The predicted molar refractivity (Wildman–Crippen MR) is 105 cm³/mol. The van der Waals surface area contributed by atoms with Crippen LogP contribution in [0.4, 0.5) is 11.4 Å². The van der Waals surface area contributed by atoms with E-state index in [1.807, 2.05) is 42.6 Å². The fraction of sp³-hybridized carbons (Fsp3) is 0.143. The number of anilines is 2. The SMILES string of the molecule is O=C(Nc1ccccc1)c1ccc(NC(=O)c2ccn3c2CNCC3)cc1. The summed E-state index contributed by atoms with van der Waals surface area (Å²) in [7, 11) is 0. The Balaban J connectivity index is 1.42. The van der Waals surface area contributed by atoms with E-state index in [1.165, 1.54) is 0 Å². The summed E-state index contributed by atoms with van der Waals surface area (Å²) >= 11 is 0. The van der Waals surface area contributed by atoms with Crippen LogP contribution in [0.25, 0.3) is 0 Å². The molecule has 0 saturated heterocycles. The van der Waals surface area contributed by atoms with Crippen molar-refractivity contribution in [3.05, 3.63) is 83.7 Å². The van der Waals surface area contributed by atoms with Crippen LogP contribution in [-0.4, -0.2) is 22.9 Å². The third-order valence-electron chi connectivity index (χ3n) is 4.58. The lowest BCUT2D eigenvalue weighted by atomic mass is 10.1. The molecule has 3 N–H and O–H groups in total. The maximum absolute atomic E-state index is 12.6. The van der Waals surface area contributed by atoms with Crippen LogP contribution in [-0.2, 0) is 13.1 Å². The number of fused-ring (bicyclic) bond motifs is 1. The summed E-state index contributed by atoms with van der Waals surface area (Å²) in [4.78, 5) is 24.9. The summed E-state index contributed by atoms with van der Waals surface area (Å²) in [5, 5.41) is 9.02. The van der Waals surface area contributed by atoms with Gasteiger partial charge in [0.2, 0.25) is 0 Å². The number of para-hydroxylation sites is 1. The number of aromatic nitrogens is 1. The second-order valence-corrected chi connectivity index (χ2v) is 6.40. The van der Waals surface area contributed by atoms with Gasteiger partial charge in [0.25, 0.3) is 11.8 Å². The quantitative estimate of drug-likeness (QED) is 0.669. The Hall–Kier alpha value is -3.38. The van der Waals surface area contributed by atoms with Gasteiger partial charge in [0, 0.05) is 48.5 Å². The zero-order valence-corrected chi connectivity index (χ0v) is 14.7. The topological polar surface area (TPSA) is 75.2 Å². The van der Waals surface area contributed by atoms with Crippen LogP contribution in [0.15, 0.2) is 66.9 Å². The highest BCUT2D eigenvalue weighted by atomic mass is 16.2. The Kier molecular flexibility index (Phi) is 4.72. The van der Waals surface area contributed by atoms with E-state index in [9.17, 15) is 9.59 Å². The molecule has 2 amide bonds. The fourth-order valence-corrected chi connectivity index (χ4v) is 3.15. The summed E-state index contributed by atoms with van der Waals surface area (Å²) in [5.41, 5.74) is 3.60. The number of nitrogens with one attached hydrogen (secondary N) is 3. The van der Waals surface area contributed by atoms with Gasteiger partial charge in [-0.3, -0.25) is 9.59 Å². The number of nitrogens with zero attached hydrogens (tertiary/aromatic N) is 1. The molecule has 3 aromatic rings. The van der Waals surface area contributed by atoms with E-state index < -0.39 is 0 Å². The molecule has 0 unspecified atom stereocenters. The number of hydrogen-bond donors (Lipinski definition) is 3. The van der Waals surface area contributed by atoms with Crippen molar-refractivity contribution in [1.82, 2.24) is 9.88 Å². The van der Waals surface area contributed by atoms with Gasteiger partial charge in [0.05, 0.1) is 5.56 Å². The number of hydrogen-bond acceptors (Lipinski definition) is 3. The van der Waals surface area contributed by atoms with E-state index in [4.69, 9.17) is 0 Å². The van der Waals surface area contributed by atoms with Gasteiger partial charge < -0.3 is 20.5 Å². The Labute approximate surface area is 157 Å². The fourth-order valence-electron chi connectivity index (χ4n) is 3.15. The summed E-state index contributed by atoms with van der Waals surface area (Å²) in [6.07, 6.45) is 1.95. The highest BCUT2D eigenvalue weighted by Crippen LogP contribution is 2.17. The lowest BCUT2D eigenvalue weighted by Gasteiger charge is -2.17. The van der Waals surface area contributed by atoms with Gasteiger partial charge >= 0.3 is 0 Å². The van der Waals surface area contributed by atoms with Gasteiger partial charge in [0.1, 0.15) is 0 Å². The van der Waals surface area contributed by atoms with Gasteiger partial charge in [-0.25, -0.2) is 0 Å². The van der Waals surface area contributed by atoms with Crippen LogP contribution in [0.5, 0.6) is 0 Å². The molecule has 0 aliphatic carbocycles. The Morgan fingerprint density at radius 1 is 0.852 bits per heavy atom. The second kappa shape index (κ2) is 7.47. The van der Waals surface area contributed by atoms with Crippen LogP contribution in [0, 0.1) is 0 Å². The van der Waals surface area contributed by atoms with Gasteiger partial charge in [-0.2, -0.15) is 0 Å². The van der Waals surface area contributed by atoms with Crippen LogP contribution in [0.2, 0.25) is 0 Å². The van der Waals surface area contributed by atoms with E-state index >= 15 is 0 Å². The minimum Gasteiger partial charge on any atom is -0.348 e. The largest absolute Gasteiger partial charge is 0.348 e. The van der Waals surface area contributed by atoms with Gasteiger partial charge in [-0.15, -0.1) is 0 Å². The first-order valence-corrected chi connectivity index (χ1v) is 8.87. The zero-order chi connectivity index (χ0) is 18.6. The standard InChI is InChI=1S/C21H20N4O2/c26-20(23-16-4-2-1-3-5-16)15-6-8-17(9-7-15)24-21(27)18-10-12-25-13-11-22-14-19(18)25/h1-10,12,22H,11,13-14H2,(H,23,26)(H,24,27). The van der Waals surface area contributed by atoms with Gasteiger partial charge in [0.15, 0.2) is 0 Å². The van der Waals surface area contributed by atoms with E-state index in [0.717, 1.165) is 24.5 Å². The van der Waals surface area contributed by atoms with Crippen molar-refractivity contribution in [2.24, 2.45) is 0 Å². The molecule has 0 saturated carbocycles. The summed E-state index contributed by atoms with van der Waals surface area (Å²) in [6.45, 7) is 2.47. The first-order valence-electron chi connectivity index (χ1n) is 8.87. The summed E-state index contributed by atoms with van der Waals surface area (Å²) < 4.78 is 2.10. The maximum atomic E-state index is 12.6. The van der Waals surface area contributed by atoms with E-state index in [-0.39, 0.29) is 11.8 Å². The van der Waals surface area contributed by atoms with E-state index in [1.54, 1.807) is 24.3 Å². The van der Waals surface area contributed by atoms with Crippen LogP contribution >= 0.6 is 0 Å². The van der Waals surface area contributed by atoms with Crippen LogP contribution < -0.4 is 16.0 Å². The third-order valence-corrected chi connectivity index (χ3v) is 4.58. The molecule has 1 aromatic heterocycles. The maximum Gasteiger partial charge on any atom is 0.257 e. The summed E-state index contributed by atoms with van der Waals surface area (Å²) in [5.74, 6) is -0.333. The van der Waals surface area contributed by atoms with E-state index in [0.29, 0.717) is 23.4 Å². The molecule has 4 rings (SSSR count). The Morgan fingerprint density at radius 2 is 1.56 bits per heavy atom. The molecule has 6 nitrogen and oxygen atoms in total. The molecule has 1 aliphatic heterocycles. The molecule has 0 bridgehead atoms. The first-order chi connectivity index (χ1) is 13.2. The lowest BCUT2D eigenvalue weighted by molar-refractivity contribution is 0.101. The monoisotopic (exact) mass is 360 g/mol.